The largest absolute Gasteiger partial charge is 0.465 e. The minimum atomic E-state index is 0.416. The molecule has 0 spiro atoms. The fourth-order valence-electron chi connectivity index (χ4n) is 3.10. The van der Waals surface area contributed by atoms with Gasteiger partial charge in [0, 0.05) is 25.2 Å². The zero-order valence-electron chi connectivity index (χ0n) is 12.9. The maximum Gasteiger partial charge on any atom is 0.118 e. The average Bonchev–Trinajstić information content (AvgIpc) is 2.93. The molecule has 3 nitrogen and oxygen atoms in total. The number of benzene rings is 1. The van der Waals surface area contributed by atoms with Crippen molar-refractivity contribution in [2.24, 2.45) is 0 Å². The van der Waals surface area contributed by atoms with Crippen molar-refractivity contribution in [1.29, 1.82) is 0 Å². The molecule has 1 aliphatic heterocycles. The van der Waals surface area contributed by atoms with E-state index in [1.807, 2.05) is 13.0 Å². The zero-order valence-corrected chi connectivity index (χ0v) is 12.9. The first-order valence-corrected chi connectivity index (χ1v) is 7.84. The number of nitrogens with one attached hydrogen (secondary N) is 1. The Hall–Kier alpha value is -1.58. The molecular weight excluding hydrogens is 260 g/mol. The van der Waals surface area contributed by atoms with Crippen molar-refractivity contribution in [2.75, 3.05) is 13.1 Å². The highest BCUT2D eigenvalue weighted by Gasteiger charge is 2.28. The molecular formula is C18H24N2O. The molecule has 3 rings (SSSR count). The van der Waals surface area contributed by atoms with Crippen LogP contribution in [-0.2, 0) is 6.54 Å². The lowest BCUT2D eigenvalue weighted by Gasteiger charge is -2.40. The van der Waals surface area contributed by atoms with Crippen LogP contribution in [0.3, 0.4) is 0 Å². The molecule has 0 radical (unpaired) electrons. The standard InChI is InChI=1S/C18H24N2O/c1-3-16-12-20(13-17-10-9-14(2)21-17)18(11-19-16)15-7-5-4-6-8-15/h4-10,16,18-19H,3,11-13H2,1-2H3. The lowest BCUT2D eigenvalue weighted by Crippen LogP contribution is -2.51. The Kier molecular flexibility index (Phi) is 4.42. The summed E-state index contributed by atoms with van der Waals surface area (Å²) < 4.78 is 5.78. The molecule has 1 aromatic carbocycles. The normalized spacial score (nSPS) is 23.3. The summed E-state index contributed by atoms with van der Waals surface area (Å²) >= 11 is 0. The second-order valence-electron chi connectivity index (χ2n) is 5.88. The van der Waals surface area contributed by atoms with E-state index in [0.717, 1.165) is 37.6 Å². The highest BCUT2D eigenvalue weighted by Crippen LogP contribution is 2.26. The Morgan fingerprint density at radius 1 is 1.19 bits per heavy atom. The van der Waals surface area contributed by atoms with Crippen molar-refractivity contribution in [3.8, 4) is 0 Å². The predicted molar refractivity (Wildman–Crippen MR) is 85.1 cm³/mol. The topological polar surface area (TPSA) is 28.4 Å². The number of hydrogen-bond donors (Lipinski definition) is 1. The van der Waals surface area contributed by atoms with E-state index in [9.17, 15) is 0 Å². The first kappa shape index (κ1) is 14.4. The van der Waals surface area contributed by atoms with Gasteiger partial charge in [-0.25, -0.2) is 0 Å². The van der Waals surface area contributed by atoms with Gasteiger partial charge in [0.25, 0.3) is 0 Å². The maximum atomic E-state index is 5.78. The van der Waals surface area contributed by atoms with Crippen molar-refractivity contribution in [1.82, 2.24) is 10.2 Å². The van der Waals surface area contributed by atoms with Gasteiger partial charge in [0.1, 0.15) is 11.5 Å². The summed E-state index contributed by atoms with van der Waals surface area (Å²) in [7, 11) is 0. The van der Waals surface area contributed by atoms with Crippen LogP contribution >= 0.6 is 0 Å². The fourth-order valence-corrected chi connectivity index (χ4v) is 3.10. The molecule has 21 heavy (non-hydrogen) atoms. The van der Waals surface area contributed by atoms with Gasteiger partial charge in [0.05, 0.1) is 6.54 Å². The van der Waals surface area contributed by atoms with Crippen molar-refractivity contribution >= 4 is 0 Å². The molecule has 2 unspecified atom stereocenters. The lowest BCUT2D eigenvalue weighted by atomic mass is 10.00. The van der Waals surface area contributed by atoms with E-state index in [4.69, 9.17) is 4.42 Å². The number of furan rings is 1. The van der Waals surface area contributed by atoms with Gasteiger partial charge in [-0.3, -0.25) is 4.90 Å². The number of nitrogens with zero attached hydrogens (tertiary/aromatic N) is 1. The third-order valence-electron chi connectivity index (χ3n) is 4.33. The van der Waals surface area contributed by atoms with Gasteiger partial charge in [0.2, 0.25) is 0 Å². The molecule has 112 valence electrons. The molecule has 2 atom stereocenters. The summed E-state index contributed by atoms with van der Waals surface area (Å²) in [5.41, 5.74) is 1.38. The van der Waals surface area contributed by atoms with E-state index in [2.05, 4.69) is 53.5 Å². The molecule has 1 fully saturated rings. The summed E-state index contributed by atoms with van der Waals surface area (Å²) in [6.07, 6.45) is 1.16. The average molecular weight is 284 g/mol. The summed E-state index contributed by atoms with van der Waals surface area (Å²) in [6, 6.07) is 15.9. The van der Waals surface area contributed by atoms with Crippen molar-refractivity contribution in [2.45, 2.75) is 38.9 Å². The van der Waals surface area contributed by atoms with Crippen LogP contribution in [0.4, 0.5) is 0 Å². The molecule has 3 heteroatoms. The van der Waals surface area contributed by atoms with Gasteiger partial charge >= 0.3 is 0 Å². The minimum Gasteiger partial charge on any atom is -0.465 e. The number of hydrogen-bond acceptors (Lipinski definition) is 3. The SMILES string of the molecule is CCC1CN(Cc2ccc(C)o2)C(c2ccccc2)CN1. The highest BCUT2D eigenvalue weighted by molar-refractivity contribution is 5.20. The zero-order chi connectivity index (χ0) is 14.7. The van der Waals surface area contributed by atoms with E-state index < -0.39 is 0 Å². The van der Waals surface area contributed by atoms with Crippen LogP contribution in [0, 0.1) is 6.92 Å². The molecule has 0 saturated carbocycles. The van der Waals surface area contributed by atoms with Gasteiger partial charge < -0.3 is 9.73 Å². The van der Waals surface area contributed by atoms with Gasteiger partial charge in [0.15, 0.2) is 0 Å². The molecule has 1 aliphatic rings. The summed E-state index contributed by atoms with van der Waals surface area (Å²) in [5, 5.41) is 3.67. The smallest absolute Gasteiger partial charge is 0.118 e. The summed E-state index contributed by atoms with van der Waals surface area (Å²) in [4.78, 5) is 2.54. The summed E-state index contributed by atoms with van der Waals surface area (Å²) in [6.45, 7) is 7.20. The van der Waals surface area contributed by atoms with E-state index in [-0.39, 0.29) is 0 Å². The van der Waals surface area contributed by atoms with Crippen LogP contribution in [0.25, 0.3) is 0 Å². The Balaban J connectivity index is 1.80. The van der Waals surface area contributed by atoms with Crippen LogP contribution < -0.4 is 5.32 Å². The van der Waals surface area contributed by atoms with E-state index >= 15 is 0 Å². The van der Waals surface area contributed by atoms with E-state index in [1.165, 1.54) is 5.56 Å². The Bertz CT molecular complexity index is 564. The minimum absolute atomic E-state index is 0.416. The van der Waals surface area contributed by atoms with Gasteiger partial charge in [-0.05, 0) is 31.0 Å². The molecule has 0 bridgehead atoms. The predicted octanol–water partition coefficient (Wildman–Crippen LogP) is 3.51. The highest BCUT2D eigenvalue weighted by atomic mass is 16.3. The molecule has 1 aromatic heterocycles. The van der Waals surface area contributed by atoms with Crippen LogP contribution in [0.1, 0.15) is 36.5 Å². The number of rotatable bonds is 4. The Morgan fingerprint density at radius 2 is 2.00 bits per heavy atom. The molecule has 2 heterocycles. The summed E-state index contributed by atoms with van der Waals surface area (Å²) in [5.74, 6) is 2.05. The first-order chi connectivity index (χ1) is 10.3. The number of piperazine rings is 1. The third-order valence-corrected chi connectivity index (χ3v) is 4.33. The second kappa shape index (κ2) is 6.46. The van der Waals surface area contributed by atoms with Crippen molar-refractivity contribution in [3.63, 3.8) is 0 Å². The third kappa shape index (κ3) is 3.36. The van der Waals surface area contributed by atoms with E-state index in [1.54, 1.807) is 0 Å². The van der Waals surface area contributed by atoms with Gasteiger partial charge in [-0.2, -0.15) is 0 Å². The van der Waals surface area contributed by atoms with Crippen LogP contribution in [-0.4, -0.2) is 24.0 Å². The Labute approximate surface area is 127 Å². The quantitative estimate of drug-likeness (QED) is 0.931. The molecule has 2 aromatic rings. The van der Waals surface area contributed by atoms with Crippen LogP contribution in [0.5, 0.6) is 0 Å². The number of aryl methyl sites for hydroxylation is 1. The fraction of sp³-hybridized carbons (Fsp3) is 0.444. The van der Waals surface area contributed by atoms with Crippen LogP contribution in [0.15, 0.2) is 46.9 Å². The van der Waals surface area contributed by atoms with Gasteiger partial charge in [-0.15, -0.1) is 0 Å². The molecule has 1 saturated heterocycles. The van der Waals surface area contributed by atoms with Gasteiger partial charge in [-0.1, -0.05) is 37.3 Å². The Morgan fingerprint density at radius 3 is 2.67 bits per heavy atom. The molecule has 0 aliphatic carbocycles. The maximum absolute atomic E-state index is 5.78. The van der Waals surface area contributed by atoms with Crippen molar-refractivity contribution in [3.05, 3.63) is 59.5 Å². The van der Waals surface area contributed by atoms with Crippen LogP contribution in [0.2, 0.25) is 0 Å². The first-order valence-electron chi connectivity index (χ1n) is 7.84. The monoisotopic (exact) mass is 284 g/mol. The molecule has 0 amide bonds. The molecule has 1 N–H and O–H groups in total. The second-order valence-corrected chi connectivity index (χ2v) is 5.88. The van der Waals surface area contributed by atoms with E-state index in [0.29, 0.717) is 12.1 Å². The lowest BCUT2D eigenvalue weighted by molar-refractivity contribution is 0.112. The van der Waals surface area contributed by atoms with Crippen molar-refractivity contribution < 1.29 is 4.42 Å².